The second-order valence-corrected chi connectivity index (χ2v) is 7.95. The zero-order valence-electron chi connectivity index (χ0n) is 16.5. The molecular weight excluding hydrogens is 336 g/mol. The van der Waals surface area contributed by atoms with Crippen LogP contribution in [0, 0.1) is 11.8 Å². The molecule has 5 nitrogen and oxygen atoms in total. The number of carbonyl (C=O) groups is 1. The standard InChI is InChI=1S/C22H32N4O/c1-17(2)12-14-23-22(27)20-10-11-21(25-24-20)26-15-13-19(16-26)9-8-18-6-4-3-5-7-18/h3-7,10-11,17,19,24-25H,8-9,12-16H2,1-2H3,(H,23,27). The molecule has 0 radical (unpaired) electrons. The molecule has 1 atom stereocenters. The first-order valence-electron chi connectivity index (χ1n) is 10.1. The van der Waals surface area contributed by atoms with Gasteiger partial charge in [-0.15, -0.1) is 0 Å². The molecule has 146 valence electrons. The summed E-state index contributed by atoms with van der Waals surface area (Å²) in [6.07, 6.45) is 8.45. The Balaban J connectivity index is 1.45. The van der Waals surface area contributed by atoms with E-state index in [4.69, 9.17) is 0 Å². The normalized spacial score (nSPS) is 19.2. The molecule has 0 saturated carbocycles. The number of aryl methyl sites for hydroxylation is 1. The summed E-state index contributed by atoms with van der Waals surface area (Å²) in [5.41, 5.74) is 8.23. The van der Waals surface area contributed by atoms with Crippen molar-refractivity contribution in [1.82, 2.24) is 21.1 Å². The minimum Gasteiger partial charge on any atom is -0.357 e. The smallest absolute Gasteiger partial charge is 0.269 e. The molecule has 0 aliphatic carbocycles. The number of benzene rings is 1. The molecule has 1 saturated heterocycles. The molecular formula is C22H32N4O. The number of nitrogens with zero attached hydrogens (tertiary/aromatic N) is 1. The van der Waals surface area contributed by atoms with E-state index in [-0.39, 0.29) is 5.91 Å². The van der Waals surface area contributed by atoms with Gasteiger partial charge in [0.15, 0.2) is 0 Å². The third-order valence-electron chi connectivity index (χ3n) is 5.30. The van der Waals surface area contributed by atoms with Crippen LogP contribution in [0.5, 0.6) is 0 Å². The highest BCUT2D eigenvalue weighted by atomic mass is 16.2. The Hall–Kier alpha value is -2.43. The lowest BCUT2D eigenvalue weighted by molar-refractivity contribution is -0.118. The summed E-state index contributed by atoms with van der Waals surface area (Å²) in [7, 11) is 0. The SMILES string of the molecule is CC(C)CCNC(=O)C1=CC=C(N2CCC(CCc3ccccc3)C2)NN1. The number of hydrogen-bond acceptors (Lipinski definition) is 4. The van der Waals surface area contributed by atoms with E-state index in [9.17, 15) is 4.79 Å². The van der Waals surface area contributed by atoms with Gasteiger partial charge in [-0.05, 0) is 55.2 Å². The fourth-order valence-corrected chi connectivity index (χ4v) is 3.57. The van der Waals surface area contributed by atoms with Crippen molar-refractivity contribution >= 4 is 5.91 Å². The van der Waals surface area contributed by atoms with E-state index in [0.29, 0.717) is 18.2 Å². The largest absolute Gasteiger partial charge is 0.357 e. The molecule has 1 fully saturated rings. The number of amides is 1. The predicted molar refractivity (Wildman–Crippen MR) is 109 cm³/mol. The van der Waals surface area contributed by atoms with Gasteiger partial charge in [0.05, 0.1) is 0 Å². The van der Waals surface area contributed by atoms with Crippen LogP contribution in [0.25, 0.3) is 0 Å². The van der Waals surface area contributed by atoms with Crippen molar-refractivity contribution in [3.8, 4) is 0 Å². The fraction of sp³-hybridized carbons (Fsp3) is 0.500. The van der Waals surface area contributed by atoms with E-state index in [2.05, 4.69) is 65.2 Å². The van der Waals surface area contributed by atoms with E-state index < -0.39 is 0 Å². The summed E-state index contributed by atoms with van der Waals surface area (Å²) in [6, 6.07) is 10.7. The van der Waals surface area contributed by atoms with E-state index in [1.54, 1.807) is 0 Å². The van der Waals surface area contributed by atoms with Crippen molar-refractivity contribution < 1.29 is 4.79 Å². The van der Waals surface area contributed by atoms with E-state index in [1.165, 1.54) is 18.4 Å². The minimum atomic E-state index is -0.0550. The van der Waals surface area contributed by atoms with Gasteiger partial charge in [-0.2, -0.15) is 0 Å². The van der Waals surface area contributed by atoms with Crippen LogP contribution < -0.4 is 16.2 Å². The zero-order valence-corrected chi connectivity index (χ0v) is 16.5. The molecule has 1 aromatic carbocycles. The van der Waals surface area contributed by atoms with Crippen molar-refractivity contribution in [2.24, 2.45) is 11.8 Å². The Bertz CT molecular complexity index is 681. The Morgan fingerprint density at radius 1 is 1.22 bits per heavy atom. The topological polar surface area (TPSA) is 56.4 Å². The van der Waals surface area contributed by atoms with Gasteiger partial charge in [0.2, 0.25) is 0 Å². The van der Waals surface area contributed by atoms with Crippen LogP contribution in [0.4, 0.5) is 0 Å². The van der Waals surface area contributed by atoms with Gasteiger partial charge in [0, 0.05) is 19.6 Å². The van der Waals surface area contributed by atoms with Crippen molar-refractivity contribution in [1.29, 1.82) is 0 Å². The molecule has 1 aromatic rings. The summed E-state index contributed by atoms with van der Waals surface area (Å²) in [5.74, 6) is 2.31. The second kappa shape index (κ2) is 9.49. The van der Waals surface area contributed by atoms with Gasteiger partial charge in [-0.25, -0.2) is 0 Å². The second-order valence-electron chi connectivity index (χ2n) is 7.95. The molecule has 2 aliphatic rings. The number of likely N-dealkylation sites (tertiary alicyclic amines) is 1. The van der Waals surface area contributed by atoms with Crippen LogP contribution in [0.3, 0.4) is 0 Å². The molecule has 5 heteroatoms. The highest BCUT2D eigenvalue weighted by Gasteiger charge is 2.25. The lowest BCUT2D eigenvalue weighted by atomic mass is 9.99. The lowest BCUT2D eigenvalue weighted by Gasteiger charge is -2.27. The third kappa shape index (κ3) is 5.78. The van der Waals surface area contributed by atoms with E-state index >= 15 is 0 Å². The Labute approximate surface area is 162 Å². The van der Waals surface area contributed by atoms with Crippen molar-refractivity contribution in [2.75, 3.05) is 19.6 Å². The van der Waals surface area contributed by atoms with Gasteiger partial charge in [-0.1, -0.05) is 44.2 Å². The molecule has 3 rings (SSSR count). The first kappa shape index (κ1) is 19.3. The maximum absolute atomic E-state index is 12.2. The molecule has 0 aromatic heterocycles. The van der Waals surface area contributed by atoms with Gasteiger partial charge in [0.25, 0.3) is 5.91 Å². The van der Waals surface area contributed by atoms with Gasteiger partial charge in [0.1, 0.15) is 11.5 Å². The number of hydrogen-bond donors (Lipinski definition) is 3. The molecule has 27 heavy (non-hydrogen) atoms. The fourth-order valence-electron chi connectivity index (χ4n) is 3.57. The monoisotopic (exact) mass is 368 g/mol. The average molecular weight is 369 g/mol. The summed E-state index contributed by atoms with van der Waals surface area (Å²) >= 11 is 0. The van der Waals surface area contributed by atoms with Crippen LogP contribution >= 0.6 is 0 Å². The summed E-state index contributed by atoms with van der Waals surface area (Å²) in [4.78, 5) is 14.5. The van der Waals surface area contributed by atoms with Crippen molar-refractivity contribution in [2.45, 2.75) is 39.5 Å². The summed E-state index contributed by atoms with van der Waals surface area (Å²) < 4.78 is 0. The quantitative estimate of drug-likeness (QED) is 0.660. The molecule has 2 heterocycles. The number of allylic oxidation sites excluding steroid dienone is 2. The molecule has 0 bridgehead atoms. The third-order valence-corrected chi connectivity index (χ3v) is 5.30. The maximum atomic E-state index is 12.2. The maximum Gasteiger partial charge on any atom is 0.269 e. The molecule has 1 unspecified atom stereocenters. The van der Waals surface area contributed by atoms with Crippen LogP contribution in [0.1, 0.15) is 38.7 Å². The van der Waals surface area contributed by atoms with Gasteiger partial charge < -0.3 is 10.2 Å². The number of hydrazine groups is 1. The Morgan fingerprint density at radius 2 is 2.04 bits per heavy atom. The zero-order chi connectivity index (χ0) is 19.1. The van der Waals surface area contributed by atoms with Gasteiger partial charge in [-0.3, -0.25) is 15.6 Å². The molecule has 2 aliphatic heterocycles. The van der Waals surface area contributed by atoms with E-state index in [1.807, 2.05) is 12.2 Å². The highest BCUT2D eigenvalue weighted by Crippen LogP contribution is 2.24. The minimum absolute atomic E-state index is 0.0550. The Morgan fingerprint density at radius 3 is 2.74 bits per heavy atom. The molecule has 0 spiro atoms. The van der Waals surface area contributed by atoms with E-state index in [0.717, 1.165) is 37.7 Å². The van der Waals surface area contributed by atoms with Crippen LogP contribution in [-0.4, -0.2) is 30.4 Å². The summed E-state index contributed by atoms with van der Waals surface area (Å²) in [6.45, 7) is 7.15. The summed E-state index contributed by atoms with van der Waals surface area (Å²) in [5, 5.41) is 2.95. The number of nitrogens with one attached hydrogen (secondary N) is 3. The first-order chi connectivity index (χ1) is 13.1. The predicted octanol–water partition coefficient (Wildman–Crippen LogP) is 2.94. The average Bonchev–Trinajstić information content (AvgIpc) is 3.16. The van der Waals surface area contributed by atoms with Crippen molar-refractivity contribution in [3.05, 3.63) is 59.6 Å². The van der Waals surface area contributed by atoms with Crippen LogP contribution in [0.2, 0.25) is 0 Å². The lowest BCUT2D eigenvalue weighted by Crippen LogP contribution is -2.44. The Kier molecular flexibility index (Phi) is 6.80. The highest BCUT2D eigenvalue weighted by molar-refractivity contribution is 5.93. The van der Waals surface area contributed by atoms with Crippen LogP contribution in [0.15, 0.2) is 54.0 Å². The van der Waals surface area contributed by atoms with Crippen LogP contribution in [-0.2, 0) is 11.2 Å². The van der Waals surface area contributed by atoms with Crippen molar-refractivity contribution in [3.63, 3.8) is 0 Å². The first-order valence-corrected chi connectivity index (χ1v) is 10.1. The molecule has 3 N–H and O–H groups in total. The van der Waals surface area contributed by atoms with Gasteiger partial charge >= 0.3 is 0 Å². The molecule has 1 amide bonds. The number of carbonyl (C=O) groups excluding carboxylic acids is 1. The number of rotatable bonds is 8.